The van der Waals surface area contributed by atoms with Gasteiger partial charge >= 0.3 is 0 Å². The summed E-state index contributed by atoms with van der Waals surface area (Å²) in [5.41, 5.74) is 2.42. The Hall–Kier alpha value is -1.50. The van der Waals surface area contributed by atoms with Gasteiger partial charge in [0.05, 0.1) is 0 Å². The van der Waals surface area contributed by atoms with E-state index in [1.54, 1.807) is 0 Å². The Bertz CT molecular complexity index is 361. The molecule has 1 aromatic carbocycles. The van der Waals surface area contributed by atoms with E-state index in [0.29, 0.717) is 6.61 Å². The molecule has 15 heavy (non-hydrogen) atoms. The summed E-state index contributed by atoms with van der Waals surface area (Å²) in [6, 6.07) is 8.33. The summed E-state index contributed by atoms with van der Waals surface area (Å²) in [7, 11) is 0. The van der Waals surface area contributed by atoms with Gasteiger partial charge in [0.2, 0.25) is 0 Å². The third-order valence-corrected chi connectivity index (χ3v) is 2.02. The van der Waals surface area contributed by atoms with Gasteiger partial charge in [-0.2, -0.15) is 0 Å². The molecule has 1 heterocycles. The maximum atomic E-state index is 5.49. The van der Waals surface area contributed by atoms with Crippen molar-refractivity contribution in [1.29, 1.82) is 0 Å². The van der Waals surface area contributed by atoms with E-state index in [1.165, 1.54) is 5.56 Å². The Balaban J connectivity index is 0.000000531. The number of rotatable bonds is 1. The molecule has 0 fully saturated rings. The molecule has 1 aliphatic heterocycles. The first-order valence-corrected chi connectivity index (χ1v) is 5.43. The Kier molecular flexibility index (Phi) is 4.69. The van der Waals surface area contributed by atoms with Crippen molar-refractivity contribution >= 4 is 5.76 Å². The van der Waals surface area contributed by atoms with Gasteiger partial charge in [-0.05, 0) is 25.1 Å². The Morgan fingerprint density at radius 1 is 1.20 bits per heavy atom. The van der Waals surface area contributed by atoms with Crippen LogP contribution in [-0.4, -0.2) is 6.61 Å². The molecule has 1 aromatic rings. The minimum Gasteiger partial charge on any atom is -0.489 e. The zero-order valence-corrected chi connectivity index (χ0v) is 9.66. The van der Waals surface area contributed by atoms with Crippen LogP contribution in [0.15, 0.2) is 42.5 Å². The smallest absolute Gasteiger partial charge is 0.126 e. The lowest BCUT2D eigenvalue weighted by molar-refractivity contribution is 0.316. The number of aryl methyl sites for hydroxylation is 1. The van der Waals surface area contributed by atoms with Gasteiger partial charge in [-0.15, -0.1) is 0 Å². The van der Waals surface area contributed by atoms with Crippen LogP contribution in [0.25, 0.3) is 5.76 Å². The van der Waals surface area contributed by atoms with Crippen LogP contribution >= 0.6 is 0 Å². The second-order valence-corrected chi connectivity index (χ2v) is 3.14. The molecule has 0 radical (unpaired) electrons. The van der Waals surface area contributed by atoms with Gasteiger partial charge in [-0.1, -0.05) is 43.7 Å². The molecule has 1 aliphatic rings. The minimum atomic E-state index is 0.680. The van der Waals surface area contributed by atoms with Crippen LogP contribution in [0.3, 0.4) is 0 Å². The average Bonchev–Trinajstić information content (AvgIpc) is 2.33. The second kappa shape index (κ2) is 6.07. The number of ether oxygens (including phenoxy) is 1. The van der Waals surface area contributed by atoms with Crippen LogP contribution in [-0.2, 0) is 4.74 Å². The molecule has 1 heteroatoms. The topological polar surface area (TPSA) is 9.23 Å². The molecule has 1 nitrogen and oxygen atoms in total. The van der Waals surface area contributed by atoms with Crippen molar-refractivity contribution < 1.29 is 4.74 Å². The van der Waals surface area contributed by atoms with Crippen LogP contribution in [0.2, 0.25) is 0 Å². The summed E-state index contributed by atoms with van der Waals surface area (Å²) in [5, 5.41) is 0. The zero-order chi connectivity index (χ0) is 11.1. The lowest BCUT2D eigenvalue weighted by Gasteiger charge is -2.11. The predicted molar refractivity (Wildman–Crippen MR) is 65.6 cm³/mol. The van der Waals surface area contributed by atoms with Gasteiger partial charge < -0.3 is 4.74 Å². The van der Waals surface area contributed by atoms with E-state index in [1.807, 2.05) is 38.1 Å². The third-order valence-electron chi connectivity index (χ3n) is 2.02. The molecule has 0 saturated carbocycles. The molecule has 0 aromatic heterocycles. The fraction of sp³-hybridized carbons (Fsp3) is 0.286. The maximum Gasteiger partial charge on any atom is 0.126 e. The third kappa shape index (κ3) is 3.28. The first-order valence-electron chi connectivity index (χ1n) is 5.43. The highest BCUT2D eigenvalue weighted by molar-refractivity contribution is 5.62. The summed E-state index contributed by atoms with van der Waals surface area (Å²) in [5.74, 6) is 0.964. The lowest BCUT2D eigenvalue weighted by Crippen LogP contribution is -1.95. The Labute approximate surface area is 92.1 Å². The van der Waals surface area contributed by atoms with Crippen LogP contribution in [0.4, 0.5) is 0 Å². The second-order valence-electron chi connectivity index (χ2n) is 3.14. The predicted octanol–water partition coefficient (Wildman–Crippen LogP) is 3.95. The van der Waals surface area contributed by atoms with Gasteiger partial charge in [-0.25, -0.2) is 0 Å². The van der Waals surface area contributed by atoms with E-state index in [9.17, 15) is 0 Å². The summed E-state index contributed by atoms with van der Waals surface area (Å²) >= 11 is 0. The highest BCUT2D eigenvalue weighted by atomic mass is 16.5. The van der Waals surface area contributed by atoms with E-state index < -0.39 is 0 Å². The van der Waals surface area contributed by atoms with Crippen molar-refractivity contribution in [1.82, 2.24) is 0 Å². The van der Waals surface area contributed by atoms with Crippen molar-refractivity contribution in [2.24, 2.45) is 0 Å². The van der Waals surface area contributed by atoms with Crippen molar-refractivity contribution in [3.05, 3.63) is 53.6 Å². The van der Waals surface area contributed by atoms with Crippen molar-refractivity contribution in [3.8, 4) is 0 Å². The molecule has 0 atom stereocenters. The molecule has 0 saturated heterocycles. The van der Waals surface area contributed by atoms with Gasteiger partial charge in [0, 0.05) is 5.56 Å². The fourth-order valence-corrected chi connectivity index (χ4v) is 1.37. The highest BCUT2D eigenvalue weighted by Crippen LogP contribution is 2.19. The van der Waals surface area contributed by atoms with Gasteiger partial charge in [0.25, 0.3) is 0 Å². The van der Waals surface area contributed by atoms with E-state index in [-0.39, 0.29) is 0 Å². The normalized spacial score (nSPS) is 13.4. The first kappa shape index (κ1) is 11.6. The van der Waals surface area contributed by atoms with E-state index in [4.69, 9.17) is 4.74 Å². The molecular weight excluding hydrogens is 184 g/mol. The standard InChI is InChI=1S/C12H12O.C2H6/c1-10-5-4-6-11(9-10)12-7-2-3-8-13-12;1-2/h2-7,9H,8H2,1H3;1-2H3. The van der Waals surface area contributed by atoms with Crippen molar-refractivity contribution in [2.45, 2.75) is 20.8 Å². The molecule has 2 rings (SSSR count). The van der Waals surface area contributed by atoms with E-state index in [2.05, 4.69) is 25.1 Å². The van der Waals surface area contributed by atoms with Crippen LogP contribution in [0, 0.1) is 6.92 Å². The quantitative estimate of drug-likeness (QED) is 0.670. The number of hydrogen-bond donors (Lipinski definition) is 0. The number of benzene rings is 1. The maximum absolute atomic E-state index is 5.49. The lowest BCUT2D eigenvalue weighted by atomic mass is 10.1. The largest absolute Gasteiger partial charge is 0.489 e. The number of hydrogen-bond acceptors (Lipinski definition) is 1. The monoisotopic (exact) mass is 202 g/mol. The molecular formula is C14H18O. The van der Waals surface area contributed by atoms with Gasteiger partial charge in [0.15, 0.2) is 0 Å². The van der Waals surface area contributed by atoms with Gasteiger partial charge in [-0.3, -0.25) is 0 Å². The van der Waals surface area contributed by atoms with E-state index >= 15 is 0 Å². The Morgan fingerprint density at radius 3 is 2.60 bits per heavy atom. The van der Waals surface area contributed by atoms with Crippen LogP contribution < -0.4 is 0 Å². The molecule has 0 unspecified atom stereocenters. The molecule has 80 valence electrons. The minimum absolute atomic E-state index is 0.680. The molecule has 0 N–H and O–H groups in total. The molecule has 0 spiro atoms. The average molecular weight is 202 g/mol. The summed E-state index contributed by atoms with van der Waals surface area (Å²) in [4.78, 5) is 0. The van der Waals surface area contributed by atoms with Crippen LogP contribution in [0.1, 0.15) is 25.0 Å². The Morgan fingerprint density at radius 2 is 2.00 bits per heavy atom. The molecule has 0 bridgehead atoms. The van der Waals surface area contributed by atoms with Crippen molar-refractivity contribution in [3.63, 3.8) is 0 Å². The fourth-order valence-electron chi connectivity index (χ4n) is 1.37. The van der Waals surface area contributed by atoms with Gasteiger partial charge in [0.1, 0.15) is 12.4 Å². The first-order chi connectivity index (χ1) is 7.36. The van der Waals surface area contributed by atoms with E-state index in [0.717, 1.165) is 11.3 Å². The van der Waals surface area contributed by atoms with Crippen molar-refractivity contribution in [2.75, 3.05) is 6.61 Å². The van der Waals surface area contributed by atoms with Crippen LogP contribution in [0.5, 0.6) is 0 Å². The highest BCUT2D eigenvalue weighted by Gasteiger charge is 2.03. The molecule has 0 aliphatic carbocycles. The number of allylic oxidation sites excluding steroid dienone is 2. The molecule has 0 amide bonds. The SMILES string of the molecule is CC.Cc1cccc(C2=CC=CCO2)c1. The summed E-state index contributed by atoms with van der Waals surface area (Å²) in [6.07, 6.45) is 6.03. The summed E-state index contributed by atoms with van der Waals surface area (Å²) in [6.45, 7) is 6.77. The zero-order valence-electron chi connectivity index (χ0n) is 9.66. The summed E-state index contributed by atoms with van der Waals surface area (Å²) < 4.78 is 5.49.